The molecule has 0 amide bonds. The third kappa shape index (κ3) is 3.08. The van der Waals surface area contributed by atoms with E-state index in [1.54, 1.807) is 0 Å². The van der Waals surface area contributed by atoms with Gasteiger partial charge in [-0.3, -0.25) is 0 Å². The van der Waals surface area contributed by atoms with Gasteiger partial charge in [0.1, 0.15) is 0 Å². The highest BCUT2D eigenvalue weighted by atomic mass is 19.2. The number of carboxylic acid groups (broad SMARTS) is 1. The number of carbonyl (C=O) groups is 1. The lowest BCUT2D eigenvalue weighted by atomic mass is 9.80. The van der Waals surface area contributed by atoms with E-state index in [9.17, 15) is 13.6 Å². The van der Waals surface area contributed by atoms with Gasteiger partial charge in [-0.05, 0) is 43.2 Å². The average molecular weight is 283 g/mol. The van der Waals surface area contributed by atoms with Crippen LogP contribution < -0.4 is 5.32 Å². The molecule has 1 aromatic carbocycles. The minimum atomic E-state index is -1.46. The van der Waals surface area contributed by atoms with Crippen LogP contribution in [0.1, 0.15) is 43.5 Å². The number of hydrogen-bond acceptors (Lipinski definition) is 2. The Labute approximate surface area is 117 Å². The SMILES string of the molecule is CC1CC(C)CC(Nc2ccc(C(=O)O)c(F)c2F)C1. The molecule has 1 aliphatic carbocycles. The van der Waals surface area contributed by atoms with Gasteiger partial charge in [0.2, 0.25) is 0 Å². The standard InChI is InChI=1S/C15H19F2NO2/c1-8-5-9(2)7-10(6-8)18-12-4-3-11(15(19)20)13(16)14(12)17/h3-4,8-10,18H,5-7H2,1-2H3,(H,19,20). The molecule has 110 valence electrons. The molecule has 2 rings (SSSR count). The Kier molecular flexibility index (Phi) is 4.26. The summed E-state index contributed by atoms with van der Waals surface area (Å²) < 4.78 is 27.5. The van der Waals surface area contributed by atoms with Crippen LogP contribution in [0.3, 0.4) is 0 Å². The molecule has 3 nitrogen and oxygen atoms in total. The number of aromatic carboxylic acids is 1. The van der Waals surface area contributed by atoms with Crippen LogP contribution in [0, 0.1) is 23.5 Å². The molecule has 1 aliphatic rings. The molecule has 2 N–H and O–H groups in total. The van der Waals surface area contributed by atoms with E-state index < -0.39 is 23.2 Å². The van der Waals surface area contributed by atoms with E-state index in [0.717, 1.165) is 25.3 Å². The molecule has 2 unspecified atom stereocenters. The van der Waals surface area contributed by atoms with Crippen LogP contribution in [-0.4, -0.2) is 17.1 Å². The summed E-state index contributed by atoms with van der Waals surface area (Å²) in [7, 11) is 0. The molecule has 1 aromatic rings. The van der Waals surface area contributed by atoms with E-state index in [2.05, 4.69) is 19.2 Å². The maximum Gasteiger partial charge on any atom is 0.338 e. The normalized spacial score (nSPS) is 26.3. The van der Waals surface area contributed by atoms with Crippen LogP contribution in [0.2, 0.25) is 0 Å². The van der Waals surface area contributed by atoms with E-state index in [0.29, 0.717) is 11.8 Å². The second-order valence-corrected chi connectivity index (χ2v) is 5.85. The third-order valence-electron chi connectivity index (χ3n) is 3.85. The minimum absolute atomic E-state index is 0.0406. The molecule has 0 radical (unpaired) electrons. The molecule has 5 heteroatoms. The molecule has 2 atom stereocenters. The Morgan fingerprint density at radius 1 is 1.15 bits per heavy atom. The number of halogens is 2. The van der Waals surface area contributed by atoms with Gasteiger partial charge in [-0.2, -0.15) is 0 Å². The van der Waals surface area contributed by atoms with Crippen molar-refractivity contribution in [3.05, 3.63) is 29.3 Å². The molecular weight excluding hydrogens is 264 g/mol. The number of nitrogens with one attached hydrogen (secondary N) is 1. The summed E-state index contributed by atoms with van der Waals surface area (Å²) in [5, 5.41) is 11.8. The Hall–Kier alpha value is -1.65. The lowest BCUT2D eigenvalue weighted by Crippen LogP contribution is -2.30. The highest BCUT2D eigenvalue weighted by Crippen LogP contribution is 2.31. The monoisotopic (exact) mass is 283 g/mol. The summed E-state index contributed by atoms with van der Waals surface area (Å²) in [5.74, 6) is -2.80. The number of anilines is 1. The Morgan fingerprint density at radius 3 is 2.30 bits per heavy atom. The summed E-state index contributed by atoms with van der Waals surface area (Å²) in [6.07, 6.45) is 2.96. The molecular formula is C15H19F2NO2. The van der Waals surface area contributed by atoms with Gasteiger partial charge in [-0.25, -0.2) is 13.6 Å². The first-order chi connectivity index (χ1) is 9.38. The van der Waals surface area contributed by atoms with Crippen LogP contribution in [0.25, 0.3) is 0 Å². The molecule has 0 heterocycles. The molecule has 0 bridgehead atoms. The number of carboxylic acids is 1. The summed E-state index contributed by atoms with van der Waals surface area (Å²) in [5.41, 5.74) is -0.600. The van der Waals surface area contributed by atoms with Gasteiger partial charge in [-0.15, -0.1) is 0 Å². The number of rotatable bonds is 3. The van der Waals surface area contributed by atoms with Gasteiger partial charge < -0.3 is 10.4 Å². The van der Waals surface area contributed by atoms with Crippen LogP contribution >= 0.6 is 0 Å². The first kappa shape index (κ1) is 14.8. The van der Waals surface area contributed by atoms with Gasteiger partial charge in [0, 0.05) is 6.04 Å². The maximum atomic E-state index is 13.9. The number of hydrogen-bond donors (Lipinski definition) is 2. The highest BCUT2D eigenvalue weighted by molar-refractivity contribution is 5.88. The van der Waals surface area contributed by atoms with Gasteiger partial charge in [-0.1, -0.05) is 13.8 Å². The fourth-order valence-electron chi connectivity index (χ4n) is 3.11. The van der Waals surface area contributed by atoms with Crippen molar-refractivity contribution in [3.63, 3.8) is 0 Å². The molecule has 0 aromatic heterocycles. The van der Waals surface area contributed by atoms with Crippen LogP contribution in [0.5, 0.6) is 0 Å². The zero-order chi connectivity index (χ0) is 14.9. The van der Waals surface area contributed by atoms with Crippen molar-refractivity contribution in [3.8, 4) is 0 Å². The van der Waals surface area contributed by atoms with Gasteiger partial charge in [0.25, 0.3) is 0 Å². The Balaban J connectivity index is 2.18. The zero-order valence-electron chi connectivity index (χ0n) is 11.6. The minimum Gasteiger partial charge on any atom is -0.478 e. The van der Waals surface area contributed by atoms with Crippen LogP contribution in [-0.2, 0) is 0 Å². The van der Waals surface area contributed by atoms with Crippen molar-refractivity contribution >= 4 is 11.7 Å². The lowest BCUT2D eigenvalue weighted by Gasteiger charge is -2.32. The number of benzene rings is 1. The fraction of sp³-hybridized carbons (Fsp3) is 0.533. The zero-order valence-corrected chi connectivity index (χ0v) is 11.6. The van der Waals surface area contributed by atoms with Gasteiger partial charge >= 0.3 is 5.97 Å². The van der Waals surface area contributed by atoms with E-state index in [1.807, 2.05) is 0 Å². The lowest BCUT2D eigenvalue weighted by molar-refractivity contribution is 0.0690. The second-order valence-electron chi connectivity index (χ2n) is 5.85. The highest BCUT2D eigenvalue weighted by Gasteiger charge is 2.25. The topological polar surface area (TPSA) is 49.3 Å². The quantitative estimate of drug-likeness (QED) is 0.884. The Bertz CT molecular complexity index is 509. The third-order valence-corrected chi connectivity index (χ3v) is 3.85. The predicted molar refractivity (Wildman–Crippen MR) is 72.9 cm³/mol. The van der Waals surface area contributed by atoms with E-state index >= 15 is 0 Å². The average Bonchev–Trinajstić information content (AvgIpc) is 2.33. The van der Waals surface area contributed by atoms with Gasteiger partial charge in [0.05, 0.1) is 11.3 Å². The Morgan fingerprint density at radius 2 is 1.75 bits per heavy atom. The summed E-state index contributed by atoms with van der Waals surface area (Å²) in [6.45, 7) is 4.30. The fourth-order valence-corrected chi connectivity index (χ4v) is 3.11. The summed E-state index contributed by atoms with van der Waals surface area (Å²) >= 11 is 0. The van der Waals surface area contributed by atoms with Crippen LogP contribution in [0.15, 0.2) is 12.1 Å². The largest absolute Gasteiger partial charge is 0.478 e. The molecule has 1 fully saturated rings. The molecule has 0 spiro atoms. The summed E-state index contributed by atoms with van der Waals surface area (Å²) in [4.78, 5) is 10.7. The van der Waals surface area contributed by atoms with E-state index in [1.165, 1.54) is 6.07 Å². The van der Waals surface area contributed by atoms with Crippen molar-refractivity contribution in [2.24, 2.45) is 11.8 Å². The van der Waals surface area contributed by atoms with Crippen molar-refractivity contribution in [1.82, 2.24) is 0 Å². The van der Waals surface area contributed by atoms with Crippen molar-refractivity contribution in [2.75, 3.05) is 5.32 Å². The van der Waals surface area contributed by atoms with Crippen molar-refractivity contribution in [2.45, 2.75) is 39.2 Å². The first-order valence-electron chi connectivity index (χ1n) is 6.86. The van der Waals surface area contributed by atoms with Crippen molar-refractivity contribution < 1.29 is 18.7 Å². The second kappa shape index (κ2) is 5.77. The summed E-state index contributed by atoms with van der Waals surface area (Å²) in [6, 6.07) is 2.49. The van der Waals surface area contributed by atoms with Crippen molar-refractivity contribution in [1.29, 1.82) is 0 Å². The van der Waals surface area contributed by atoms with E-state index in [4.69, 9.17) is 5.11 Å². The maximum absolute atomic E-state index is 13.9. The van der Waals surface area contributed by atoms with Crippen LogP contribution in [0.4, 0.5) is 14.5 Å². The smallest absolute Gasteiger partial charge is 0.338 e. The van der Waals surface area contributed by atoms with E-state index in [-0.39, 0.29) is 11.7 Å². The molecule has 0 saturated heterocycles. The molecule has 0 aliphatic heterocycles. The predicted octanol–water partition coefficient (Wildman–Crippen LogP) is 3.90. The molecule has 1 saturated carbocycles. The van der Waals surface area contributed by atoms with Gasteiger partial charge in [0.15, 0.2) is 11.6 Å². The first-order valence-corrected chi connectivity index (χ1v) is 6.86. The molecule has 20 heavy (non-hydrogen) atoms.